The zero-order valence-corrected chi connectivity index (χ0v) is 13.4. The molecule has 5 heteroatoms. The highest BCUT2D eigenvalue weighted by molar-refractivity contribution is 5.77. The summed E-state index contributed by atoms with van der Waals surface area (Å²) in [5, 5.41) is 14.4. The molecule has 1 aromatic carbocycles. The van der Waals surface area contributed by atoms with Gasteiger partial charge in [0.1, 0.15) is 0 Å². The predicted octanol–water partition coefficient (Wildman–Crippen LogP) is 1.56. The summed E-state index contributed by atoms with van der Waals surface area (Å²) in [6.45, 7) is 0.639. The Balaban J connectivity index is 1.61. The van der Waals surface area contributed by atoms with Crippen LogP contribution in [0.2, 0.25) is 0 Å². The third-order valence-corrected chi connectivity index (χ3v) is 4.50. The Labute approximate surface area is 136 Å². The number of amides is 1. The molecule has 1 saturated heterocycles. The molecule has 2 atom stereocenters. The molecule has 1 N–H and O–H groups in total. The molecule has 1 fully saturated rings. The van der Waals surface area contributed by atoms with Gasteiger partial charge in [-0.15, -0.1) is 0 Å². The van der Waals surface area contributed by atoms with Crippen LogP contribution in [-0.4, -0.2) is 44.4 Å². The number of nitrogens with zero attached hydrogens (tertiary/aromatic N) is 3. The van der Waals surface area contributed by atoms with Gasteiger partial charge < -0.3 is 10.0 Å². The Hall–Kier alpha value is -2.14. The number of carbonyl (C=O) groups excluding carboxylic acids is 1. The van der Waals surface area contributed by atoms with Crippen molar-refractivity contribution in [1.29, 1.82) is 0 Å². The van der Waals surface area contributed by atoms with E-state index in [-0.39, 0.29) is 11.9 Å². The Bertz CT molecular complexity index is 653. The van der Waals surface area contributed by atoms with Gasteiger partial charge in [0.2, 0.25) is 5.91 Å². The van der Waals surface area contributed by atoms with Gasteiger partial charge in [0.15, 0.2) is 0 Å². The standard InChI is InChI=1S/C18H23N3O2/c1-20-13-15(12-19-20)11-16-17(22)9-10-21(16)18(23)8-7-14-5-3-2-4-6-14/h2-6,12-13,16-17,22H,7-11H2,1H3/t16-,17-/m1/s1. The van der Waals surface area contributed by atoms with Crippen LogP contribution in [-0.2, 0) is 24.7 Å². The molecule has 2 heterocycles. The number of likely N-dealkylation sites (tertiary alicyclic amines) is 1. The second-order valence-corrected chi connectivity index (χ2v) is 6.22. The summed E-state index contributed by atoms with van der Waals surface area (Å²) in [7, 11) is 1.87. The number of aliphatic hydroxyl groups excluding tert-OH is 1. The van der Waals surface area contributed by atoms with E-state index in [1.54, 1.807) is 10.9 Å². The fourth-order valence-corrected chi connectivity index (χ4v) is 3.25. The van der Waals surface area contributed by atoms with Crippen LogP contribution in [0.3, 0.4) is 0 Å². The topological polar surface area (TPSA) is 58.4 Å². The van der Waals surface area contributed by atoms with E-state index in [2.05, 4.69) is 5.10 Å². The van der Waals surface area contributed by atoms with Crippen LogP contribution >= 0.6 is 0 Å². The Morgan fingerprint density at radius 2 is 2.09 bits per heavy atom. The molecule has 122 valence electrons. The van der Waals surface area contributed by atoms with Crippen molar-refractivity contribution in [2.24, 2.45) is 7.05 Å². The number of aryl methyl sites for hydroxylation is 2. The quantitative estimate of drug-likeness (QED) is 0.911. The minimum Gasteiger partial charge on any atom is -0.391 e. The number of rotatable bonds is 5. The van der Waals surface area contributed by atoms with E-state index >= 15 is 0 Å². The monoisotopic (exact) mass is 313 g/mol. The fourth-order valence-electron chi connectivity index (χ4n) is 3.25. The van der Waals surface area contributed by atoms with Crippen LogP contribution in [0.25, 0.3) is 0 Å². The molecule has 0 saturated carbocycles. The van der Waals surface area contributed by atoms with E-state index in [0.29, 0.717) is 25.8 Å². The van der Waals surface area contributed by atoms with Crippen LogP contribution < -0.4 is 0 Å². The minimum atomic E-state index is -0.448. The van der Waals surface area contributed by atoms with Gasteiger partial charge in [-0.1, -0.05) is 30.3 Å². The molecule has 1 aliphatic heterocycles. The molecule has 1 amide bonds. The highest BCUT2D eigenvalue weighted by Gasteiger charge is 2.35. The van der Waals surface area contributed by atoms with Gasteiger partial charge >= 0.3 is 0 Å². The molecule has 0 unspecified atom stereocenters. The Kier molecular flexibility index (Phi) is 4.76. The molecule has 0 aliphatic carbocycles. The van der Waals surface area contributed by atoms with Crippen LogP contribution in [0.1, 0.15) is 24.0 Å². The number of aromatic nitrogens is 2. The summed E-state index contributed by atoms with van der Waals surface area (Å²) in [6, 6.07) is 9.90. The first-order valence-corrected chi connectivity index (χ1v) is 8.12. The van der Waals surface area contributed by atoms with E-state index in [1.165, 1.54) is 5.56 Å². The summed E-state index contributed by atoms with van der Waals surface area (Å²) >= 11 is 0. The van der Waals surface area contributed by atoms with Crippen molar-refractivity contribution in [1.82, 2.24) is 14.7 Å². The molecule has 3 rings (SSSR count). The summed E-state index contributed by atoms with van der Waals surface area (Å²) in [5.74, 6) is 0.124. The normalized spacial score (nSPS) is 20.9. The second-order valence-electron chi connectivity index (χ2n) is 6.22. The molecule has 5 nitrogen and oxygen atoms in total. The smallest absolute Gasteiger partial charge is 0.223 e. The third-order valence-electron chi connectivity index (χ3n) is 4.50. The van der Waals surface area contributed by atoms with E-state index < -0.39 is 6.10 Å². The summed E-state index contributed by atoms with van der Waals surface area (Å²) in [6.07, 6.45) is 5.84. The minimum absolute atomic E-state index is 0.124. The molecular weight excluding hydrogens is 290 g/mol. The third kappa shape index (κ3) is 3.79. The van der Waals surface area contributed by atoms with Crippen LogP contribution in [0, 0.1) is 0 Å². The molecular formula is C18H23N3O2. The fraction of sp³-hybridized carbons (Fsp3) is 0.444. The van der Waals surface area contributed by atoms with Gasteiger partial charge in [-0.25, -0.2) is 0 Å². The molecule has 0 bridgehead atoms. The summed E-state index contributed by atoms with van der Waals surface area (Å²) in [4.78, 5) is 14.4. The van der Waals surface area contributed by atoms with Crippen molar-refractivity contribution < 1.29 is 9.90 Å². The lowest BCUT2D eigenvalue weighted by Gasteiger charge is -2.26. The number of hydrogen-bond acceptors (Lipinski definition) is 3. The van der Waals surface area contributed by atoms with Gasteiger partial charge in [0.25, 0.3) is 0 Å². The Morgan fingerprint density at radius 3 is 2.78 bits per heavy atom. The lowest BCUT2D eigenvalue weighted by molar-refractivity contribution is -0.132. The maximum absolute atomic E-state index is 12.6. The van der Waals surface area contributed by atoms with Crippen LogP contribution in [0.4, 0.5) is 0 Å². The molecule has 1 aromatic heterocycles. The first-order chi connectivity index (χ1) is 11.1. The zero-order chi connectivity index (χ0) is 16.2. The number of benzene rings is 1. The molecule has 0 radical (unpaired) electrons. The maximum atomic E-state index is 12.6. The predicted molar refractivity (Wildman–Crippen MR) is 87.8 cm³/mol. The summed E-state index contributed by atoms with van der Waals surface area (Å²) in [5.41, 5.74) is 2.23. The average molecular weight is 313 g/mol. The lowest BCUT2D eigenvalue weighted by Crippen LogP contribution is -2.41. The summed E-state index contributed by atoms with van der Waals surface area (Å²) < 4.78 is 1.75. The Morgan fingerprint density at radius 1 is 1.30 bits per heavy atom. The van der Waals surface area contributed by atoms with Crippen molar-refractivity contribution in [3.8, 4) is 0 Å². The van der Waals surface area contributed by atoms with Crippen molar-refractivity contribution in [2.45, 2.75) is 37.8 Å². The van der Waals surface area contributed by atoms with Crippen molar-refractivity contribution in [2.75, 3.05) is 6.54 Å². The maximum Gasteiger partial charge on any atom is 0.223 e. The van der Waals surface area contributed by atoms with Crippen LogP contribution in [0.5, 0.6) is 0 Å². The van der Waals surface area contributed by atoms with E-state index in [9.17, 15) is 9.90 Å². The molecule has 0 spiro atoms. The zero-order valence-electron chi connectivity index (χ0n) is 13.4. The molecule has 23 heavy (non-hydrogen) atoms. The van der Waals surface area contributed by atoms with Crippen molar-refractivity contribution in [3.05, 3.63) is 53.9 Å². The SMILES string of the molecule is Cn1cc(C[C@@H]2[C@H](O)CCN2C(=O)CCc2ccccc2)cn1. The van der Waals surface area contributed by atoms with Gasteiger partial charge in [-0.3, -0.25) is 9.48 Å². The first kappa shape index (κ1) is 15.7. The second kappa shape index (κ2) is 6.96. The van der Waals surface area contributed by atoms with Crippen LogP contribution in [0.15, 0.2) is 42.7 Å². The van der Waals surface area contributed by atoms with Crippen molar-refractivity contribution in [3.63, 3.8) is 0 Å². The number of aliphatic hydroxyl groups is 1. The van der Waals surface area contributed by atoms with Gasteiger partial charge in [0, 0.05) is 26.2 Å². The highest BCUT2D eigenvalue weighted by Crippen LogP contribution is 2.23. The molecule has 1 aliphatic rings. The van der Waals surface area contributed by atoms with Crippen molar-refractivity contribution >= 4 is 5.91 Å². The largest absolute Gasteiger partial charge is 0.391 e. The van der Waals surface area contributed by atoms with Gasteiger partial charge in [0.05, 0.1) is 18.3 Å². The lowest BCUT2D eigenvalue weighted by atomic mass is 10.0. The average Bonchev–Trinajstić information content (AvgIpc) is 3.13. The van der Waals surface area contributed by atoms with E-state index in [1.807, 2.05) is 48.5 Å². The number of carbonyl (C=O) groups is 1. The van der Waals surface area contributed by atoms with E-state index in [0.717, 1.165) is 12.0 Å². The van der Waals surface area contributed by atoms with E-state index in [4.69, 9.17) is 0 Å². The van der Waals surface area contributed by atoms with Gasteiger partial charge in [-0.2, -0.15) is 5.10 Å². The molecule has 2 aromatic rings. The van der Waals surface area contributed by atoms with Gasteiger partial charge in [-0.05, 0) is 30.4 Å². The first-order valence-electron chi connectivity index (χ1n) is 8.12. The number of hydrogen-bond donors (Lipinski definition) is 1. The highest BCUT2D eigenvalue weighted by atomic mass is 16.3.